The van der Waals surface area contributed by atoms with E-state index in [2.05, 4.69) is 31.9 Å². The molecule has 1 aromatic carbocycles. The van der Waals surface area contributed by atoms with E-state index < -0.39 is 0 Å². The second-order valence-corrected chi connectivity index (χ2v) is 7.99. The van der Waals surface area contributed by atoms with Crippen LogP contribution < -0.4 is 16.0 Å². The Bertz CT molecular complexity index is 675. The van der Waals surface area contributed by atoms with Crippen molar-refractivity contribution in [2.75, 3.05) is 25.5 Å². The highest BCUT2D eigenvalue weighted by molar-refractivity contribution is 14.0. The van der Waals surface area contributed by atoms with Gasteiger partial charge in [-0.3, -0.25) is 14.7 Å². The average Bonchev–Trinajstić information content (AvgIpc) is 3.37. The Morgan fingerprint density at radius 3 is 2.76 bits per heavy atom. The summed E-state index contributed by atoms with van der Waals surface area (Å²) >= 11 is 0. The van der Waals surface area contributed by atoms with Gasteiger partial charge in [0.2, 0.25) is 5.91 Å². The van der Waals surface area contributed by atoms with Gasteiger partial charge < -0.3 is 16.0 Å². The lowest BCUT2D eigenvalue weighted by molar-refractivity contribution is -0.116. The van der Waals surface area contributed by atoms with E-state index in [0.717, 1.165) is 36.2 Å². The number of guanidine groups is 1. The molecule has 0 bridgehead atoms. The molecule has 1 heterocycles. The maximum absolute atomic E-state index is 11.8. The highest BCUT2D eigenvalue weighted by Gasteiger charge is 2.30. The molecule has 1 saturated carbocycles. The summed E-state index contributed by atoms with van der Waals surface area (Å²) in [4.78, 5) is 18.8. The predicted molar refractivity (Wildman–Crippen MR) is 131 cm³/mol. The second kappa shape index (κ2) is 12.4. The quantitative estimate of drug-likeness (QED) is 0.296. The van der Waals surface area contributed by atoms with E-state index in [9.17, 15) is 4.79 Å². The number of rotatable bonds is 7. The third-order valence-corrected chi connectivity index (χ3v) is 5.77. The predicted octanol–water partition coefficient (Wildman–Crippen LogP) is 3.73. The molecule has 162 valence electrons. The summed E-state index contributed by atoms with van der Waals surface area (Å²) in [7, 11) is 1.82. The third kappa shape index (κ3) is 7.44. The largest absolute Gasteiger partial charge is 0.352 e. The summed E-state index contributed by atoms with van der Waals surface area (Å²) < 4.78 is 0. The number of hydrogen-bond acceptors (Lipinski definition) is 3. The van der Waals surface area contributed by atoms with Crippen LogP contribution in [0.1, 0.15) is 57.4 Å². The van der Waals surface area contributed by atoms with E-state index in [0.29, 0.717) is 19.0 Å². The van der Waals surface area contributed by atoms with Gasteiger partial charge >= 0.3 is 0 Å². The molecule has 2 fully saturated rings. The SMILES string of the molecule is CCCC(=O)Nc1cccc(CNC(=NC)NC2CCN(C3CCCC3)C2)c1.I. The molecule has 2 aliphatic rings. The van der Waals surface area contributed by atoms with Gasteiger partial charge in [-0.25, -0.2) is 0 Å². The smallest absolute Gasteiger partial charge is 0.224 e. The van der Waals surface area contributed by atoms with Crippen LogP contribution in [0.5, 0.6) is 0 Å². The summed E-state index contributed by atoms with van der Waals surface area (Å²) in [5.74, 6) is 0.914. The molecular formula is C22H36IN5O. The van der Waals surface area contributed by atoms with Crippen molar-refractivity contribution in [2.24, 2.45) is 4.99 Å². The number of carbonyl (C=O) groups excluding carboxylic acids is 1. The number of amides is 1. The van der Waals surface area contributed by atoms with Crippen molar-refractivity contribution in [1.82, 2.24) is 15.5 Å². The van der Waals surface area contributed by atoms with Crippen LogP contribution >= 0.6 is 24.0 Å². The number of nitrogens with zero attached hydrogens (tertiary/aromatic N) is 2. The lowest BCUT2D eigenvalue weighted by Crippen LogP contribution is -2.45. The Morgan fingerprint density at radius 2 is 2.03 bits per heavy atom. The van der Waals surface area contributed by atoms with Crippen molar-refractivity contribution in [3.63, 3.8) is 0 Å². The molecule has 1 saturated heterocycles. The molecule has 0 aromatic heterocycles. The first-order chi connectivity index (χ1) is 13.7. The Hall–Kier alpha value is -1.35. The van der Waals surface area contributed by atoms with Gasteiger partial charge in [-0.15, -0.1) is 24.0 Å². The molecule has 1 unspecified atom stereocenters. The van der Waals surface area contributed by atoms with E-state index >= 15 is 0 Å². The Balaban J connectivity index is 0.00000300. The zero-order valence-corrected chi connectivity index (χ0v) is 20.1. The van der Waals surface area contributed by atoms with Crippen molar-refractivity contribution < 1.29 is 4.79 Å². The summed E-state index contributed by atoms with van der Waals surface area (Å²) in [6, 6.07) is 9.25. The number of hydrogen-bond donors (Lipinski definition) is 3. The van der Waals surface area contributed by atoms with E-state index in [1.807, 2.05) is 32.2 Å². The minimum Gasteiger partial charge on any atom is -0.352 e. The Morgan fingerprint density at radius 1 is 1.24 bits per heavy atom. The van der Waals surface area contributed by atoms with Crippen LogP contribution in [0, 0.1) is 0 Å². The highest BCUT2D eigenvalue weighted by atomic mass is 127. The monoisotopic (exact) mass is 513 g/mol. The molecule has 29 heavy (non-hydrogen) atoms. The molecule has 6 nitrogen and oxygen atoms in total. The Labute approximate surface area is 192 Å². The maximum atomic E-state index is 11.8. The van der Waals surface area contributed by atoms with Crippen molar-refractivity contribution >= 4 is 41.5 Å². The number of aliphatic imine (C=N–C) groups is 1. The lowest BCUT2D eigenvalue weighted by Gasteiger charge is -2.24. The minimum absolute atomic E-state index is 0. The molecule has 7 heteroatoms. The number of carbonyl (C=O) groups is 1. The normalized spacial score (nSPS) is 20.3. The van der Waals surface area contributed by atoms with Gasteiger partial charge in [-0.2, -0.15) is 0 Å². The number of anilines is 1. The van der Waals surface area contributed by atoms with E-state index in [4.69, 9.17) is 0 Å². The van der Waals surface area contributed by atoms with E-state index in [1.54, 1.807) is 0 Å². The third-order valence-electron chi connectivity index (χ3n) is 5.77. The second-order valence-electron chi connectivity index (χ2n) is 7.99. The van der Waals surface area contributed by atoms with Gasteiger partial charge in [0.15, 0.2) is 5.96 Å². The van der Waals surface area contributed by atoms with Gasteiger partial charge in [0.25, 0.3) is 0 Å². The van der Waals surface area contributed by atoms with Crippen molar-refractivity contribution in [1.29, 1.82) is 0 Å². The molecule has 1 aliphatic carbocycles. The first-order valence-electron chi connectivity index (χ1n) is 10.8. The lowest BCUT2D eigenvalue weighted by atomic mass is 10.2. The molecule has 0 spiro atoms. The molecule has 3 rings (SSSR count). The fourth-order valence-electron chi connectivity index (χ4n) is 4.29. The first-order valence-corrected chi connectivity index (χ1v) is 10.8. The first kappa shape index (κ1) is 23.9. The van der Waals surface area contributed by atoms with Crippen LogP contribution in [0.2, 0.25) is 0 Å². The summed E-state index contributed by atoms with van der Waals surface area (Å²) in [6.45, 7) is 5.00. The Kier molecular flexibility index (Phi) is 10.2. The van der Waals surface area contributed by atoms with Crippen LogP contribution in [0.4, 0.5) is 5.69 Å². The number of likely N-dealkylation sites (tertiary alicyclic amines) is 1. The van der Waals surface area contributed by atoms with Gasteiger partial charge in [-0.05, 0) is 43.4 Å². The van der Waals surface area contributed by atoms with Crippen LogP contribution in [-0.2, 0) is 11.3 Å². The van der Waals surface area contributed by atoms with E-state index in [1.165, 1.54) is 38.6 Å². The molecular weight excluding hydrogens is 477 g/mol. The zero-order chi connectivity index (χ0) is 19.8. The van der Waals surface area contributed by atoms with Gasteiger partial charge in [0.05, 0.1) is 0 Å². The highest BCUT2D eigenvalue weighted by Crippen LogP contribution is 2.26. The molecule has 3 N–H and O–H groups in total. The zero-order valence-electron chi connectivity index (χ0n) is 17.7. The summed E-state index contributed by atoms with van der Waals surface area (Å²) in [5, 5.41) is 9.95. The van der Waals surface area contributed by atoms with E-state index in [-0.39, 0.29) is 29.9 Å². The molecule has 1 aromatic rings. The van der Waals surface area contributed by atoms with Crippen molar-refractivity contribution in [3.8, 4) is 0 Å². The number of nitrogens with one attached hydrogen (secondary N) is 3. The minimum atomic E-state index is 0. The van der Waals surface area contributed by atoms with Crippen LogP contribution in [0.15, 0.2) is 29.3 Å². The molecule has 1 aliphatic heterocycles. The fourth-order valence-corrected chi connectivity index (χ4v) is 4.29. The van der Waals surface area contributed by atoms with Gasteiger partial charge in [0, 0.05) is 50.9 Å². The van der Waals surface area contributed by atoms with Crippen LogP contribution in [-0.4, -0.2) is 49.0 Å². The maximum Gasteiger partial charge on any atom is 0.224 e. The number of benzene rings is 1. The van der Waals surface area contributed by atoms with Crippen LogP contribution in [0.25, 0.3) is 0 Å². The topological polar surface area (TPSA) is 68.8 Å². The van der Waals surface area contributed by atoms with Crippen molar-refractivity contribution in [2.45, 2.75) is 70.5 Å². The van der Waals surface area contributed by atoms with Gasteiger partial charge in [-0.1, -0.05) is 31.9 Å². The summed E-state index contributed by atoms with van der Waals surface area (Å²) in [5.41, 5.74) is 1.97. The standard InChI is InChI=1S/C22H35N5O.HI/c1-3-7-21(28)25-18-9-6-8-17(14-18)15-24-22(23-2)26-19-12-13-27(16-19)20-10-4-5-11-20;/h6,8-9,14,19-20H,3-5,7,10-13,15-16H2,1-2H3,(H,25,28)(H2,23,24,26);1H. The molecule has 1 atom stereocenters. The molecule has 1 amide bonds. The van der Waals surface area contributed by atoms with Crippen molar-refractivity contribution in [3.05, 3.63) is 29.8 Å². The average molecular weight is 513 g/mol. The summed E-state index contributed by atoms with van der Waals surface area (Å²) in [6.07, 6.45) is 8.10. The van der Waals surface area contributed by atoms with Gasteiger partial charge in [0.1, 0.15) is 0 Å². The number of halogens is 1. The fraction of sp³-hybridized carbons (Fsp3) is 0.636. The molecule has 0 radical (unpaired) electrons. The van der Waals surface area contributed by atoms with Crippen LogP contribution in [0.3, 0.4) is 0 Å².